The lowest BCUT2D eigenvalue weighted by atomic mass is 10.0. The molecule has 0 spiro atoms. The van der Waals surface area contributed by atoms with E-state index in [-0.39, 0.29) is 0 Å². The van der Waals surface area contributed by atoms with Crippen molar-refractivity contribution in [2.24, 2.45) is 0 Å². The minimum Gasteiger partial charge on any atom is -0.388 e. The Hall–Kier alpha value is -1.67. The fourth-order valence-corrected chi connectivity index (χ4v) is 1.80. The van der Waals surface area contributed by atoms with Gasteiger partial charge in [0.05, 0.1) is 6.10 Å². The summed E-state index contributed by atoms with van der Waals surface area (Å²) in [7, 11) is 0. The standard InChI is InChI=1S/C15H17NO/c1-12-4-6-13(7-5-12)8-9-15(17)14-3-2-10-16-11-14/h2-7,10-11,15,17H,8-9H2,1H3. The van der Waals surface area contributed by atoms with Crippen molar-refractivity contribution in [3.8, 4) is 0 Å². The van der Waals surface area contributed by atoms with Crippen LogP contribution in [0.4, 0.5) is 0 Å². The number of rotatable bonds is 4. The van der Waals surface area contributed by atoms with Gasteiger partial charge in [0.25, 0.3) is 0 Å². The summed E-state index contributed by atoms with van der Waals surface area (Å²) in [5, 5.41) is 10.00. The second-order valence-corrected chi connectivity index (χ2v) is 4.33. The van der Waals surface area contributed by atoms with Crippen LogP contribution in [-0.2, 0) is 6.42 Å². The van der Waals surface area contributed by atoms with Gasteiger partial charge in [0, 0.05) is 12.4 Å². The quantitative estimate of drug-likeness (QED) is 0.870. The van der Waals surface area contributed by atoms with E-state index in [0.717, 1.165) is 18.4 Å². The molecule has 0 saturated carbocycles. The van der Waals surface area contributed by atoms with Gasteiger partial charge in [-0.15, -0.1) is 0 Å². The van der Waals surface area contributed by atoms with Crippen LogP contribution < -0.4 is 0 Å². The molecule has 1 aromatic heterocycles. The van der Waals surface area contributed by atoms with E-state index < -0.39 is 6.10 Å². The Balaban J connectivity index is 1.92. The lowest BCUT2D eigenvalue weighted by Crippen LogP contribution is -2.00. The van der Waals surface area contributed by atoms with Gasteiger partial charge < -0.3 is 5.11 Å². The summed E-state index contributed by atoms with van der Waals surface area (Å²) < 4.78 is 0. The van der Waals surface area contributed by atoms with Gasteiger partial charge in [-0.1, -0.05) is 35.9 Å². The molecule has 2 aromatic rings. The molecule has 0 aliphatic carbocycles. The van der Waals surface area contributed by atoms with Gasteiger partial charge in [0.2, 0.25) is 0 Å². The maximum absolute atomic E-state index is 10.00. The van der Waals surface area contributed by atoms with E-state index in [2.05, 4.69) is 36.2 Å². The average molecular weight is 227 g/mol. The maximum atomic E-state index is 10.00. The third kappa shape index (κ3) is 3.40. The first-order valence-electron chi connectivity index (χ1n) is 5.89. The van der Waals surface area contributed by atoms with E-state index in [1.54, 1.807) is 12.4 Å². The highest BCUT2D eigenvalue weighted by atomic mass is 16.3. The predicted molar refractivity (Wildman–Crippen MR) is 68.7 cm³/mol. The molecular formula is C15H17NO. The number of aliphatic hydroxyl groups excluding tert-OH is 1. The number of benzene rings is 1. The van der Waals surface area contributed by atoms with Crippen molar-refractivity contribution in [3.63, 3.8) is 0 Å². The molecule has 0 amide bonds. The van der Waals surface area contributed by atoms with Crippen LogP contribution in [0.2, 0.25) is 0 Å². The van der Waals surface area contributed by atoms with E-state index in [4.69, 9.17) is 0 Å². The average Bonchev–Trinajstić information content (AvgIpc) is 2.39. The van der Waals surface area contributed by atoms with Crippen LogP contribution in [0.3, 0.4) is 0 Å². The van der Waals surface area contributed by atoms with Crippen molar-refractivity contribution < 1.29 is 5.11 Å². The molecule has 2 rings (SSSR count). The molecule has 0 bridgehead atoms. The summed E-state index contributed by atoms with van der Waals surface area (Å²) in [4.78, 5) is 4.01. The molecule has 17 heavy (non-hydrogen) atoms. The van der Waals surface area contributed by atoms with Gasteiger partial charge >= 0.3 is 0 Å². The second kappa shape index (κ2) is 5.60. The minimum absolute atomic E-state index is 0.426. The Morgan fingerprint density at radius 2 is 1.94 bits per heavy atom. The summed E-state index contributed by atoms with van der Waals surface area (Å²) in [5.74, 6) is 0. The van der Waals surface area contributed by atoms with Gasteiger partial charge in [-0.2, -0.15) is 0 Å². The summed E-state index contributed by atoms with van der Waals surface area (Å²) in [6, 6.07) is 12.2. The van der Waals surface area contributed by atoms with Crippen molar-refractivity contribution in [2.45, 2.75) is 25.9 Å². The van der Waals surface area contributed by atoms with E-state index in [0.29, 0.717) is 0 Å². The zero-order valence-corrected chi connectivity index (χ0v) is 10.0. The molecule has 2 heteroatoms. The molecule has 88 valence electrons. The van der Waals surface area contributed by atoms with E-state index >= 15 is 0 Å². The summed E-state index contributed by atoms with van der Waals surface area (Å²) in [6.45, 7) is 2.08. The second-order valence-electron chi connectivity index (χ2n) is 4.33. The normalized spacial score (nSPS) is 12.4. The number of pyridine rings is 1. The Bertz CT molecular complexity index is 450. The zero-order valence-electron chi connectivity index (χ0n) is 10.0. The summed E-state index contributed by atoms with van der Waals surface area (Å²) in [6.07, 6.45) is 4.63. The Morgan fingerprint density at radius 3 is 2.59 bits per heavy atom. The largest absolute Gasteiger partial charge is 0.388 e. The van der Waals surface area contributed by atoms with Crippen molar-refractivity contribution in [1.82, 2.24) is 4.98 Å². The molecule has 1 atom stereocenters. The predicted octanol–water partition coefficient (Wildman–Crippen LogP) is 3.06. The molecule has 0 radical (unpaired) electrons. The fraction of sp³-hybridized carbons (Fsp3) is 0.267. The molecular weight excluding hydrogens is 210 g/mol. The summed E-state index contributed by atoms with van der Waals surface area (Å²) in [5.41, 5.74) is 3.42. The molecule has 1 aromatic carbocycles. The van der Waals surface area contributed by atoms with Crippen LogP contribution >= 0.6 is 0 Å². The third-order valence-corrected chi connectivity index (χ3v) is 2.90. The lowest BCUT2D eigenvalue weighted by molar-refractivity contribution is 0.167. The molecule has 1 unspecified atom stereocenters. The highest BCUT2D eigenvalue weighted by Gasteiger charge is 2.07. The SMILES string of the molecule is Cc1ccc(CCC(O)c2cccnc2)cc1. The van der Waals surface area contributed by atoms with Crippen LogP contribution in [0.25, 0.3) is 0 Å². The number of hydrogen-bond donors (Lipinski definition) is 1. The fourth-order valence-electron chi connectivity index (χ4n) is 1.80. The van der Waals surface area contributed by atoms with Crippen LogP contribution in [-0.4, -0.2) is 10.1 Å². The van der Waals surface area contributed by atoms with E-state index in [1.165, 1.54) is 11.1 Å². The smallest absolute Gasteiger partial charge is 0.0808 e. The van der Waals surface area contributed by atoms with Crippen molar-refractivity contribution in [1.29, 1.82) is 0 Å². The number of aliphatic hydroxyl groups is 1. The van der Waals surface area contributed by atoms with E-state index in [1.807, 2.05) is 12.1 Å². The topological polar surface area (TPSA) is 33.1 Å². The van der Waals surface area contributed by atoms with Gasteiger partial charge in [0.15, 0.2) is 0 Å². The van der Waals surface area contributed by atoms with Crippen LogP contribution in [0.5, 0.6) is 0 Å². The van der Waals surface area contributed by atoms with Gasteiger partial charge in [-0.3, -0.25) is 4.98 Å². The van der Waals surface area contributed by atoms with Gasteiger partial charge in [-0.25, -0.2) is 0 Å². The summed E-state index contributed by atoms with van der Waals surface area (Å²) >= 11 is 0. The number of aromatic nitrogens is 1. The van der Waals surface area contributed by atoms with Gasteiger partial charge in [-0.05, 0) is 37.0 Å². The zero-order chi connectivity index (χ0) is 12.1. The Kier molecular flexibility index (Phi) is 3.89. The maximum Gasteiger partial charge on any atom is 0.0808 e. The molecule has 2 nitrogen and oxygen atoms in total. The van der Waals surface area contributed by atoms with Gasteiger partial charge in [0.1, 0.15) is 0 Å². The minimum atomic E-state index is -0.426. The molecule has 0 aliphatic heterocycles. The van der Waals surface area contributed by atoms with E-state index in [9.17, 15) is 5.11 Å². The number of nitrogens with zero attached hydrogens (tertiary/aromatic N) is 1. The monoisotopic (exact) mass is 227 g/mol. The van der Waals surface area contributed by atoms with Crippen LogP contribution in [0.1, 0.15) is 29.2 Å². The van der Waals surface area contributed by atoms with Crippen molar-refractivity contribution >= 4 is 0 Å². The van der Waals surface area contributed by atoms with Crippen LogP contribution in [0.15, 0.2) is 48.8 Å². The molecule has 0 saturated heterocycles. The first-order chi connectivity index (χ1) is 8.25. The van der Waals surface area contributed by atoms with Crippen molar-refractivity contribution in [2.75, 3.05) is 0 Å². The first kappa shape index (κ1) is 11.8. The Labute approximate surface area is 102 Å². The third-order valence-electron chi connectivity index (χ3n) is 2.90. The van der Waals surface area contributed by atoms with Crippen molar-refractivity contribution in [3.05, 3.63) is 65.5 Å². The molecule has 0 fully saturated rings. The number of aryl methyl sites for hydroxylation is 2. The molecule has 1 heterocycles. The number of hydrogen-bond acceptors (Lipinski definition) is 2. The lowest BCUT2D eigenvalue weighted by Gasteiger charge is -2.10. The molecule has 0 aliphatic rings. The molecule has 1 N–H and O–H groups in total. The Morgan fingerprint density at radius 1 is 1.18 bits per heavy atom. The first-order valence-corrected chi connectivity index (χ1v) is 5.89. The van der Waals surface area contributed by atoms with Crippen LogP contribution in [0, 0.1) is 6.92 Å². The highest BCUT2D eigenvalue weighted by Crippen LogP contribution is 2.18. The highest BCUT2D eigenvalue weighted by molar-refractivity contribution is 5.22.